The van der Waals surface area contributed by atoms with Gasteiger partial charge in [0.05, 0.1) is 6.10 Å². The van der Waals surface area contributed by atoms with Gasteiger partial charge in [0.25, 0.3) is 5.91 Å². The Kier molecular flexibility index (Phi) is 6.27. The highest BCUT2D eigenvalue weighted by Crippen LogP contribution is 2.33. The number of nitrogens with zero attached hydrogens (tertiary/aromatic N) is 1. The Labute approximate surface area is 191 Å². The lowest BCUT2D eigenvalue weighted by Crippen LogP contribution is -2.37. The second-order valence-electron chi connectivity index (χ2n) is 7.90. The molecule has 3 heterocycles. The Hall–Kier alpha value is -3.03. The van der Waals surface area contributed by atoms with Gasteiger partial charge in [0.2, 0.25) is 6.79 Å². The van der Waals surface area contributed by atoms with Crippen LogP contribution in [0.25, 0.3) is 0 Å². The molecular weight excluding hydrogens is 426 g/mol. The molecule has 1 fully saturated rings. The van der Waals surface area contributed by atoms with Crippen LogP contribution in [0.15, 0.2) is 60.0 Å². The highest BCUT2D eigenvalue weighted by molar-refractivity contribution is 7.09. The molecule has 2 aliphatic rings. The zero-order valence-electron chi connectivity index (χ0n) is 17.7. The Morgan fingerprint density at radius 1 is 1.09 bits per heavy atom. The van der Waals surface area contributed by atoms with Crippen LogP contribution in [0.5, 0.6) is 17.2 Å². The summed E-state index contributed by atoms with van der Waals surface area (Å²) in [5.74, 6) is 2.05. The first-order valence-corrected chi connectivity index (χ1v) is 11.7. The van der Waals surface area contributed by atoms with Gasteiger partial charge in [-0.05, 0) is 60.2 Å². The largest absolute Gasteiger partial charge is 0.488 e. The maximum absolute atomic E-state index is 13.4. The molecule has 2 aliphatic heterocycles. The molecule has 0 aliphatic carbocycles. The second kappa shape index (κ2) is 9.63. The van der Waals surface area contributed by atoms with E-state index in [1.54, 1.807) is 29.5 Å². The molecule has 1 atom stereocenters. The Morgan fingerprint density at radius 2 is 1.97 bits per heavy atom. The summed E-state index contributed by atoms with van der Waals surface area (Å²) in [5.41, 5.74) is 1.63. The fourth-order valence-corrected chi connectivity index (χ4v) is 4.54. The molecule has 7 heteroatoms. The fraction of sp³-hybridized carbons (Fsp3) is 0.320. The minimum absolute atomic E-state index is 0.0446. The highest BCUT2D eigenvalue weighted by atomic mass is 32.1. The number of fused-ring (bicyclic) bond motifs is 1. The number of amides is 1. The molecule has 0 N–H and O–H groups in total. The number of hydrogen-bond donors (Lipinski definition) is 0. The molecule has 166 valence electrons. The van der Waals surface area contributed by atoms with Crippen LogP contribution >= 0.6 is 11.3 Å². The maximum atomic E-state index is 13.4. The summed E-state index contributed by atoms with van der Waals surface area (Å²) in [5, 5.41) is 2.04. The molecule has 0 bridgehead atoms. The van der Waals surface area contributed by atoms with Gasteiger partial charge in [0, 0.05) is 30.1 Å². The first kappa shape index (κ1) is 20.8. The van der Waals surface area contributed by atoms with E-state index in [9.17, 15) is 4.79 Å². The SMILES string of the molecule is O=C(c1ccc2c(c1)OCO2)N(Cc1ccc(OCc2cccs2)cc1)CC1CCCO1. The van der Waals surface area contributed by atoms with Crippen molar-refractivity contribution in [2.45, 2.75) is 32.1 Å². The topological polar surface area (TPSA) is 57.2 Å². The lowest BCUT2D eigenvalue weighted by Gasteiger charge is -2.26. The minimum atomic E-state index is -0.0446. The molecule has 3 aromatic rings. The lowest BCUT2D eigenvalue weighted by atomic mass is 10.1. The minimum Gasteiger partial charge on any atom is -0.488 e. The molecule has 1 aromatic heterocycles. The van der Waals surface area contributed by atoms with Crippen LogP contribution in [0.1, 0.15) is 33.6 Å². The van der Waals surface area contributed by atoms with Crippen LogP contribution in [0.3, 0.4) is 0 Å². The van der Waals surface area contributed by atoms with Gasteiger partial charge in [-0.1, -0.05) is 18.2 Å². The first-order chi connectivity index (χ1) is 15.7. The molecule has 2 aromatic carbocycles. The Morgan fingerprint density at radius 3 is 2.75 bits per heavy atom. The van der Waals surface area contributed by atoms with E-state index in [1.165, 1.54) is 4.88 Å². The van der Waals surface area contributed by atoms with E-state index in [4.69, 9.17) is 18.9 Å². The summed E-state index contributed by atoms with van der Waals surface area (Å²) >= 11 is 1.68. The summed E-state index contributed by atoms with van der Waals surface area (Å²) in [6.45, 7) is 2.56. The highest BCUT2D eigenvalue weighted by Gasteiger charge is 2.25. The van der Waals surface area contributed by atoms with Crippen LogP contribution in [0.2, 0.25) is 0 Å². The van der Waals surface area contributed by atoms with Crippen molar-refractivity contribution in [3.63, 3.8) is 0 Å². The Bertz CT molecular complexity index is 1040. The molecule has 0 spiro atoms. The number of carbonyl (C=O) groups excluding carboxylic acids is 1. The number of benzene rings is 2. The van der Waals surface area contributed by atoms with Gasteiger partial charge < -0.3 is 23.8 Å². The number of hydrogen-bond acceptors (Lipinski definition) is 6. The van der Waals surface area contributed by atoms with Gasteiger partial charge in [-0.25, -0.2) is 0 Å². The van der Waals surface area contributed by atoms with Crippen molar-refractivity contribution in [3.8, 4) is 17.2 Å². The molecule has 1 unspecified atom stereocenters. The van der Waals surface area contributed by atoms with Crippen molar-refractivity contribution in [1.82, 2.24) is 4.90 Å². The zero-order valence-corrected chi connectivity index (χ0v) is 18.5. The van der Waals surface area contributed by atoms with Crippen molar-refractivity contribution >= 4 is 17.2 Å². The predicted octanol–water partition coefficient (Wildman–Crippen LogP) is 4.88. The fourth-order valence-electron chi connectivity index (χ4n) is 3.93. The van der Waals surface area contributed by atoms with Gasteiger partial charge in [0.15, 0.2) is 11.5 Å². The summed E-state index contributed by atoms with van der Waals surface area (Å²) in [6.07, 6.45) is 2.08. The third kappa shape index (κ3) is 4.89. The monoisotopic (exact) mass is 451 g/mol. The molecule has 1 amide bonds. The summed E-state index contributed by atoms with van der Waals surface area (Å²) in [6, 6.07) is 17.4. The van der Waals surface area contributed by atoms with Crippen molar-refractivity contribution < 1.29 is 23.7 Å². The third-order valence-electron chi connectivity index (χ3n) is 5.61. The molecular formula is C25H25NO5S. The van der Waals surface area contributed by atoms with Crippen molar-refractivity contribution in [3.05, 3.63) is 76.0 Å². The van der Waals surface area contributed by atoms with E-state index >= 15 is 0 Å². The predicted molar refractivity (Wildman–Crippen MR) is 121 cm³/mol. The molecule has 0 radical (unpaired) electrons. The smallest absolute Gasteiger partial charge is 0.254 e. The summed E-state index contributed by atoms with van der Waals surface area (Å²) in [7, 11) is 0. The van der Waals surface area contributed by atoms with E-state index in [1.807, 2.05) is 40.6 Å². The third-order valence-corrected chi connectivity index (χ3v) is 6.46. The molecule has 5 rings (SSSR count). The van der Waals surface area contributed by atoms with Crippen LogP contribution in [0.4, 0.5) is 0 Å². The van der Waals surface area contributed by atoms with Crippen LogP contribution in [-0.2, 0) is 17.9 Å². The van der Waals surface area contributed by atoms with E-state index in [2.05, 4.69) is 6.07 Å². The molecule has 1 saturated heterocycles. The van der Waals surface area contributed by atoms with Crippen molar-refractivity contribution in [2.24, 2.45) is 0 Å². The van der Waals surface area contributed by atoms with Crippen LogP contribution < -0.4 is 14.2 Å². The van der Waals surface area contributed by atoms with E-state index < -0.39 is 0 Å². The first-order valence-electron chi connectivity index (χ1n) is 10.8. The van der Waals surface area contributed by atoms with Gasteiger partial charge in [-0.15, -0.1) is 11.3 Å². The lowest BCUT2D eigenvalue weighted by molar-refractivity contribution is 0.0507. The number of ether oxygens (including phenoxy) is 4. The standard InChI is InChI=1S/C25H25NO5S/c27-25(19-7-10-23-24(13-19)31-17-30-23)26(15-21-3-1-11-28-21)14-18-5-8-20(9-6-18)29-16-22-4-2-12-32-22/h2,4-10,12-13,21H,1,3,11,14-17H2. The van der Waals surface area contributed by atoms with Crippen LogP contribution in [0, 0.1) is 0 Å². The van der Waals surface area contributed by atoms with Gasteiger partial charge >= 0.3 is 0 Å². The summed E-state index contributed by atoms with van der Waals surface area (Å²) in [4.78, 5) is 16.4. The molecule has 6 nitrogen and oxygen atoms in total. The maximum Gasteiger partial charge on any atom is 0.254 e. The second-order valence-corrected chi connectivity index (χ2v) is 8.93. The average molecular weight is 452 g/mol. The van der Waals surface area contributed by atoms with Gasteiger partial charge in [-0.2, -0.15) is 0 Å². The average Bonchev–Trinajstić information content (AvgIpc) is 3.60. The number of thiophene rings is 1. The zero-order chi connectivity index (χ0) is 21.8. The van der Waals surface area contributed by atoms with E-state index in [0.29, 0.717) is 36.8 Å². The normalized spacial score (nSPS) is 16.8. The molecule has 32 heavy (non-hydrogen) atoms. The van der Waals surface area contributed by atoms with Crippen molar-refractivity contribution in [2.75, 3.05) is 19.9 Å². The van der Waals surface area contributed by atoms with E-state index in [0.717, 1.165) is 30.8 Å². The van der Waals surface area contributed by atoms with Gasteiger partial charge in [0.1, 0.15) is 12.4 Å². The molecule has 0 saturated carbocycles. The quantitative estimate of drug-likeness (QED) is 0.489. The van der Waals surface area contributed by atoms with Crippen LogP contribution in [-0.4, -0.2) is 36.9 Å². The number of rotatable bonds is 8. The van der Waals surface area contributed by atoms with Crippen molar-refractivity contribution in [1.29, 1.82) is 0 Å². The Balaban J connectivity index is 1.28. The van der Waals surface area contributed by atoms with E-state index in [-0.39, 0.29) is 18.8 Å². The number of carbonyl (C=O) groups is 1. The van der Waals surface area contributed by atoms with Gasteiger partial charge in [-0.3, -0.25) is 4.79 Å². The summed E-state index contributed by atoms with van der Waals surface area (Å²) < 4.78 is 22.5.